The third kappa shape index (κ3) is 1.58. The van der Waals surface area contributed by atoms with Crippen molar-refractivity contribution < 1.29 is 17.9 Å². The maximum absolute atomic E-state index is 12.9. The van der Waals surface area contributed by atoms with Crippen LogP contribution >= 0.6 is 15.9 Å². The molecule has 1 heterocycles. The molecule has 0 atom stereocenters. The Balaban J connectivity index is 2.48. The first-order valence-corrected chi connectivity index (χ1v) is 5.16. The van der Waals surface area contributed by atoms with Gasteiger partial charge in [0.15, 0.2) is 0 Å². The zero-order valence-electron chi connectivity index (χ0n) is 7.64. The number of benzene rings is 1. The molecule has 82 valence electrons. The van der Waals surface area contributed by atoms with Gasteiger partial charge in [-0.2, -0.15) is 13.2 Å². The number of rotatable bonds is 1. The molecule has 1 aromatic carbocycles. The predicted octanol–water partition coefficient (Wildman–Crippen LogP) is 3.28. The van der Waals surface area contributed by atoms with Gasteiger partial charge in [0, 0.05) is 4.47 Å². The zero-order valence-corrected chi connectivity index (χ0v) is 9.23. The molecule has 2 rings (SSSR count). The Bertz CT molecular complexity index is 371. The second-order valence-electron chi connectivity index (χ2n) is 3.55. The van der Waals surface area contributed by atoms with Crippen LogP contribution in [0.1, 0.15) is 5.56 Å². The SMILES string of the molecule is FC(F)(F)C1(c2ccccc2Br)COC1. The normalized spacial score (nSPS) is 19.7. The molecule has 1 aliphatic heterocycles. The van der Waals surface area contributed by atoms with Crippen molar-refractivity contribution in [3.63, 3.8) is 0 Å². The van der Waals surface area contributed by atoms with Crippen molar-refractivity contribution >= 4 is 15.9 Å². The maximum atomic E-state index is 12.9. The minimum absolute atomic E-state index is 0.253. The molecule has 1 saturated heterocycles. The highest BCUT2D eigenvalue weighted by Gasteiger charge is 2.61. The Morgan fingerprint density at radius 1 is 1.20 bits per heavy atom. The number of ether oxygens (including phenoxy) is 1. The van der Waals surface area contributed by atoms with E-state index in [4.69, 9.17) is 4.74 Å². The third-order valence-electron chi connectivity index (χ3n) is 2.63. The number of halogens is 4. The molecule has 5 heteroatoms. The molecule has 0 unspecified atom stereocenters. The average Bonchev–Trinajstić information content (AvgIpc) is 2.03. The van der Waals surface area contributed by atoms with Gasteiger partial charge < -0.3 is 4.74 Å². The highest BCUT2D eigenvalue weighted by molar-refractivity contribution is 9.10. The van der Waals surface area contributed by atoms with E-state index in [1.54, 1.807) is 18.2 Å². The minimum atomic E-state index is -4.27. The molecule has 0 spiro atoms. The largest absolute Gasteiger partial charge is 0.402 e. The molecule has 0 radical (unpaired) electrons. The summed E-state index contributed by atoms with van der Waals surface area (Å²) in [5, 5.41) is 0. The quantitative estimate of drug-likeness (QED) is 0.767. The van der Waals surface area contributed by atoms with Crippen molar-refractivity contribution in [3.8, 4) is 0 Å². The Morgan fingerprint density at radius 3 is 2.20 bits per heavy atom. The van der Waals surface area contributed by atoms with E-state index >= 15 is 0 Å². The van der Waals surface area contributed by atoms with Crippen LogP contribution in [0.15, 0.2) is 28.7 Å². The van der Waals surface area contributed by atoms with Crippen LogP contribution in [-0.4, -0.2) is 19.4 Å². The summed E-state index contributed by atoms with van der Waals surface area (Å²) in [5.74, 6) is 0. The second kappa shape index (κ2) is 3.49. The van der Waals surface area contributed by atoms with Crippen molar-refractivity contribution in [2.45, 2.75) is 11.6 Å². The van der Waals surface area contributed by atoms with Crippen LogP contribution in [0.5, 0.6) is 0 Å². The van der Waals surface area contributed by atoms with Gasteiger partial charge >= 0.3 is 6.18 Å². The van der Waals surface area contributed by atoms with E-state index in [9.17, 15) is 13.2 Å². The second-order valence-corrected chi connectivity index (χ2v) is 4.41. The fraction of sp³-hybridized carbons (Fsp3) is 0.400. The lowest BCUT2D eigenvalue weighted by molar-refractivity contribution is -0.262. The van der Waals surface area contributed by atoms with E-state index in [0.717, 1.165) is 0 Å². The van der Waals surface area contributed by atoms with Gasteiger partial charge in [0.25, 0.3) is 0 Å². The topological polar surface area (TPSA) is 9.23 Å². The van der Waals surface area contributed by atoms with Crippen LogP contribution in [0.25, 0.3) is 0 Å². The van der Waals surface area contributed by atoms with Crippen LogP contribution in [0.2, 0.25) is 0 Å². The average molecular weight is 281 g/mol. The fourth-order valence-corrected chi connectivity index (χ4v) is 2.29. The molecule has 1 aromatic rings. The number of hydrogen-bond donors (Lipinski definition) is 0. The molecule has 15 heavy (non-hydrogen) atoms. The van der Waals surface area contributed by atoms with Crippen LogP contribution in [0.4, 0.5) is 13.2 Å². The summed E-state index contributed by atoms with van der Waals surface area (Å²) in [6.45, 7) is -0.585. The molecule has 0 bridgehead atoms. The van der Waals surface area contributed by atoms with Gasteiger partial charge in [0.1, 0.15) is 5.41 Å². The summed E-state index contributed by atoms with van der Waals surface area (Å²) in [5.41, 5.74) is -1.57. The number of alkyl halides is 3. The summed E-state index contributed by atoms with van der Waals surface area (Å²) in [6.07, 6.45) is -4.27. The van der Waals surface area contributed by atoms with Gasteiger partial charge in [-0.15, -0.1) is 0 Å². The fourth-order valence-electron chi connectivity index (χ4n) is 1.63. The Morgan fingerprint density at radius 2 is 1.80 bits per heavy atom. The number of hydrogen-bond acceptors (Lipinski definition) is 1. The van der Waals surface area contributed by atoms with Gasteiger partial charge in [-0.1, -0.05) is 34.1 Å². The monoisotopic (exact) mass is 280 g/mol. The summed E-state index contributed by atoms with van der Waals surface area (Å²) in [6, 6.07) is 6.39. The first-order valence-electron chi connectivity index (χ1n) is 4.37. The molecule has 0 saturated carbocycles. The van der Waals surface area contributed by atoms with Crippen LogP contribution in [0, 0.1) is 0 Å². The van der Waals surface area contributed by atoms with Gasteiger partial charge in [-0.05, 0) is 11.6 Å². The third-order valence-corrected chi connectivity index (χ3v) is 3.32. The lowest BCUT2D eigenvalue weighted by Crippen LogP contribution is -2.57. The first kappa shape index (κ1) is 11.0. The molecule has 0 aromatic heterocycles. The summed E-state index contributed by atoms with van der Waals surface area (Å²) < 4.78 is 44.0. The van der Waals surface area contributed by atoms with Gasteiger partial charge in [0.05, 0.1) is 13.2 Å². The van der Waals surface area contributed by atoms with Crippen molar-refractivity contribution in [2.24, 2.45) is 0 Å². The van der Waals surface area contributed by atoms with Crippen molar-refractivity contribution in [1.29, 1.82) is 0 Å². The lowest BCUT2D eigenvalue weighted by atomic mass is 9.78. The minimum Gasteiger partial charge on any atom is -0.379 e. The zero-order chi connectivity index (χ0) is 11.1. The summed E-state index contributed by atoms with van der Waals surface area (Å²) in [4.78, 5) is 0. The van der Waals surface area contributed by atoms with Crippen molar-refractivity contribution in [2.75, 3.05) is 13.2 Å². The van der Waals surface area contributed by atoms with Crippen LogP contribution in [0.3, 0.4) is 0 Å². The van der Waals surface area contributed by atoms with Crippen molar-refractivity contribution in [1.82, 2.24) is 0 Å². The van der Waals surface area contributed by atoms with E-state index in [-0.39, 0.29) is 18.8 Å². The van der Waals surface area contributed by atoms with E-state index in [2.05, 4.69) is 15.9 Å². The van der Waals surface area contributed by atoms with Crippen molar-refractivity contribution in [3.05, 3.63) is 34.3 Å². The molecule has 1 fully saturated rings. The van der Waals surface area contributed by atoms with E-state index in [1.807, 2.05) is 0 Å². The van der Waals surface area contributed by atoms with Crippen LogP contribution in [-0.2, 0) is 10.2 Å². The van der Waals surface area contributed by atoms with E-state index in [0.29, 0.717) is 4.47 Å². The highest BCUT2D eigenvalue weighted by Crippen LogP contribution is 2.48. The van der Waals surface area contributed by atoms with Gasteiger partial charge in [-0.3, -0.25) is 0 Å². The summed E-state index contributed by atoms with van der Waals surface area (Å²) in [7, 11) is 0. The van der Waals surface area contributed by atoms with E-state index in [1.165, 1.54) is 6.07 Å². The molecule has 1 nitrogen and oxygen atoms in total. The van der Waals surface area contributed by atoms with Crippen LogP contribution < -0.4 is 0 Å². The van der Waals surface area contributed by atoms with E-state index < -0.39 is 11.6 Å². The lowest BCUT2D eigenvalue weighted by Gasteiger charge is -2.43. The smallest absolute Gasteiger partial charge is 0.379 e. The maximum Gasteiger partial charge on any atom is 0.402 e. The van der Waals surface area contributed by atoms with Gasteiger partial charge in [-0.25, -0.2) is 0 Å². The molecular weight excluding hydrogens is 273 g/mol. The predicted molar refractivity (Wildman–Crippen MR) is 52.7 cm³/mol. The summed E-state index contributed by atoms with van der Waals surface area (Å²) >= 11 is 3.14. The molecular formula is C10H8BrF3O. The molecule has 1 aliphatic rings. The highest BCUT2D eigenvalue weighted by atomic mass is 79.9. The van der Waals surface area contributed by atoms with Gasteiger partial charge in [0.2, 0.25) is 0 Å². The Kier molecular flexibility index (Phi) is 2.55. The first-order chi connectivity index (χ1) is 6.97. The Hall–Kier alpha value is -0.550. The standard InChI is InChI=1S/C10H8BrF3O/c11-8-4-2-1-3-7(8)9(5-15-6-9)10(12,13)14/h1-4H,5-6H2. The molecule has 0 amide bonds. The molecule has 0 N–H and O–H groups in total. The Labute approximate surface area is 93.4 Å². The molecule has 0 aliphatic carbocycles.